The number of hydrogen-bond donors (Lipinski definition) is 0. The summed E-state index contributed by atoms with van der Waals surface area (Å²) in [5.74, 6) is -1.08. The summed E-state index contributed by atoms with van der Waals surface area (Å²) in [5.41, 5.74) is 1.17. The number of ether oxygens (including phenoxy) is 3. The molecule has 1 aromatic carbocycles. The maximum absolute atomic E-state index is 12.2. The number of esters is 2. The van der Waals surface area contributed by atoms with Crippen LogP contribution < -0.4 is 0 Å². The molecule has 1 atom stereocenters. The number of carbonyl (C=O) groups excluding carboxylic acids is 2. The molecule has 0 unspecified atom stereocenters. The summed E-state index contributed by atoms with van der Waals surface area (Å²) >= 11 is 0. The van der Waals surface area contributed by atoms with Crippen molar-refractivity contribution in [2.24, 2.45) is 5.92 Å². The normalized spacial score (nSPS) is 17.1. The molecule has 0 spiro atoms. The van der Waals surface area contributed by atoms with E-state index in [1.165, 1.54) is 14.2 Å². The van der Waals surface area contributed by atoms with Crippen molar-refractivity contribution in [2.45, 2.75) is 13.0 Å². The first-order valence-electron chi connectivity index (χ1n) is 6.89. The van der Waals surface area contributed by atoms with Crippen LogP contribution in [0.5, 0.6) is 0 Å². The Hall–Kier alpha value is -2.56. The van der Waals surface area contributed by atoms with Crippen LogP contribution in [0.25, 0.3) is 0 Å². The van der Waals surface area contributed by atoms with E-state index in [0.29, 0.717) is 5.76 Å². The van der Waals surface area contributed by atoms with Gasteiger partial charge >= 0.3 is 11.9 Å². The van der Waals surface area contributed by atoms with Crippen LogP contribution in [0.3, 0.4) is 0 Å². The number of allylic oxidation sites excluding steroid dienone is 3. The molecule has 5 nitrogen and oxygen atoms in total. The average molecular weight is 302 g/mol. The predicted octanol–water partition coefficient (Wildman–Crippen LogP) is 2.38. The van der Waals surface area contributed by atoms with E-state index in [9.17, 15) is 9.59 Å². The SMILES string of the molecule is COC(=O)[C@H]1CC(OC)=CC=C1C(=O)OCc1ccccc1. The molecule has 116 valence electrons. The molecule has 2 rings (SSSR count). The molecule has 0 amide bonds. The summed E-state index contributed by atoms with van der Waals surface area (Å²) in [6.07, 6.45) is 3.51. The quantitative estimate of drug-likeness (QED) is 0.781. The number of benzene rings is 1. The Kier molecular flexibility index (Phi) is 5.36. The summed E-state index contributed by atoms with van der Waals surface area (Å²) in [6.45, 7) is 0.158. The highest BCUT2D eigenvalue weighted by Gasteiger charge is 2.32. The molecule has 0 bridgehead atoms. The van der Waals surface area contributed by atoms with E-state index in [1.54, 1.807) is 12.2 Å². The smallest absolute Gasteiger partial charge is 0.335 e. The van der Waals surface area contributed by atoms with Crippen molar-refractivity contribution in [2.75, 3.05) is 14.2 Å². The van der Waals surface area contributed by atoms with Gasteiger partial charge in [0.25, 0.3) is 0 Å². The van der Waals surface area contributed by atoms with Crippen LogP contribution in [-0.2, 0) is 30.4 Å². The maximum atomic E-state index is 12.2. The third-order valence-electron chi connectivity index (χ3n) is 3.43. The van der Waals surface area contributed by atoms with Crippen molar-refractivity contribution in [1.82, 2.24) is 0 Å². The first kappa shape index (κ1) is 15.8. The molecule has 1 aliphatic carbocycles. The molecule has 0 aliphatic heterocycles. The molecule has 0 radical (unpaired) electrons. The zero-order valence-electron chi connectivity index (χ0n) is 12.6. The molecule has 0 heterocycles. The van der Waals surface area contributed by atoms with Crippen LogP contribution in [0.4, 0.5) is 0 Å². The molecule has 22 heavy (non-hydrogen) atoms. The van der Waals surface area contributed by atoms with E-state index in [0.717, 1.165) is 5.56 Å². The highest BCUT2D eigenvalue weighted by molar-refractivity contribution is 5.96. The van der Waals surface area contributed by atoms with Gasteiger partial charge in [-0.1, -0.05) is 30.3 Å². The van der Waals surface area contributed by atoms with Gasteiger partial charge in [0.2, 0.25) is 0 Å². The van der Waals surface area contributed by atoms with Gasteiger partial charge in [-0.05, 0) is 17.7 Å². The zero-order chi connectivity index (χ0) is 15.9. The summed E-state index contributed by atoms with van der Waals surface area (Å²) < 4.78 is 15.2. The van der Waals surface area contributed by atoms with Crippen LogP contribution in [-0.4, -0.2) is 26.2 Å². The van der Waals surface area contributed by atoms with Crippen molar-refractivity contribution in [3.05, 3.63) is 59.4 Å². The van der Waals surface area contributed by atoms with Crippen molar-refractivity contribution in [3.8, 4) is 0 Å². The fraction of sp³-hybridized carbons (Fsp3) is 0.294. The van der Waals surface area contributed by atoms with Crippen LogP contribution in [0.2, 0.25) is 0 Å². The molecule has 0 fully saturated rings. The van der Waals surface area contributed by atoms with Gasteiger partial charge in [-0.15, -0.1) is 0 Å². The lowest BCUT2D eigenvalue weighted by Crippen LogP contribution is -2.26. The van der Waals surface area contributed by atoms with Gasteiger partial charge in [-0.3, -0.25) is 4.79 Å². The zero-order valence-corrected chi connectivity index (χ0v) is 12.6. The Bertz CT molecular complexity index is 601. The lowest BCUT2D eigenvalue weighted by atomic mass is 9.90. The molecule has 1 aromatic rings. The fourth-order valence-corrected chi connectivity index (χ4v) is 2.20. The number of hydrogen-bond acceptors (Lipinski definition) is 5. The van der Waals surface area contributed by atoms with Gasteiger partial charge in [-0.25, -0.2) is 4.79 Å². The van der Waals surface area contributed by atoms with Crippen molar-refractivity contribution >= 4 is 11.9 Å². The molecule has 0 aromatic heterocycles. The molecular weight excluding hydrogens is 284 g/mol. The monoisotopic (exact) mass is 302 g/mol. The largest absolute Gasteiger partial charge is 0.501 e. The Morgan fingerprint density at radius 1 is 1.14 bits per heavy atom. The van der Waals surface area contributed by atoms with Gasteiger partial charge in [0, 0.05) is 6.42 Å². The van der Waals surface area contributed by atoms with E-state index in [1.807, 2.05) is 30.3 Å². The van der Waals surface area contributed by atoms with Gasteiger partial charge < -0.3 is 14.2 Å². The van der Waals surface area contributed by atoms with E-state index in [-0.39, 0.29) is 18.6 Å². The molecule has 0 N–H and O–H groups in total. The van der Waals surface area contributed by atoms with E-state index in [2.05, 4.69) is 0 Å². The van der Waals surface area contributed by atoms with Crippen molar-refractivity contribution in [3.63, 3.8) is 0 Å². The van der Waals surface area contributed by atoms with Crippen LogP contribution >= 0.6 is 0 Å². The Morgan fingerprint density at radius 2 is 1.86 bits per heavy atom. The molecular formula is C17H18O5. The number of rotatable bonds is 5. The van der Waals surface area contributed by atoms with Gasteiger partial charge in [-0.2, -0.15) is 0 Å². The first-order valence-corrected chi connectivity index (χ1v) is 6.89. The second-order valence-corrected chi connectivity index (χ2v) is 4.80. The lowest BCUT2D eigenvalue weighted by molar-refractivity contribution is -0.149. The molecule has 1 aliphatic rings. The van der Waals surface area contributed by atoms with Crippen molar-refractivity contribution < 1.29 is 23.8 Å². The Balaban J connectivity index is 2.09. The first-order chi connectivity index (χ1) is 10.7. The lowest BCUT2D eigenvalue weighted by Gasteiger charge is -2.21. The van der Waals surface area contributed by atoms with Crippen molar-refractivity contribution in [1.29, 1.82) is 0 Å². The molecule has 0 saturated heterocycles. The van der Waals surface area contributed by atoms with Crippen LogP contribution in [0.15, 0.2) is 53.8 Å². The summed E-state index contributed by atoms with van der Waals surface area (Å²) in [7, 11) is 2.81. The van der Waals surface area contributed by atoms with E-state index >= 15 is 0 Å². The highest BCUT2D eigenvalue weighted by atomic mass is 16.5. The average Bonchev–Trinajstić information content (AvgIpc) is 2.59. The minimum Gasteiger partial charge on any atom is -0.501 e. The minimum absolute atomic E-state index is 0.158. The maximum Gasteiger partial charge on any atom is 0.335 e. The molecule has 0 saturated carbocycles. The minimum atomic E-state index is -0.701. The second-order valence-electron chi connectivity index (χ2n) is 4.80. The van der Waals surface area contributed by atoms with Gasteiger partial charge in [0.15, 0.2) is 0 Å². The third-order valence-corrected chi connectivity index (χ3v) is 3.43. The fourth-order valence-electron chi connectivity index (χ4n) is 2.20. The third kappa shape index (κ3) is 3.75. The molecule has 5 heteroatoms. The Morgan fingerprint density at radius 3 is 2.50 bits per heavy atom. The Labute approximate surface area is 129 Å². The number of methoxy groups -OCH3 is 2. The van der Waals surface area contributed by atoms with Gasteiger partial charge in [0.1, 0.15) is 6.61 Å². The predicted molar refractivity (Wildman–Crippen MR) is 79.5 cm³/mol. The van der Waals surface area contributed by atoms with Gasteiger partial charge in [0.05, 0.1) is 31.5 Å². The summed E-state index contributed by atoms with van der Waals surface area (Å²) in [5, 5.41) is 0. The number of carbonyl (C=O) groups is 2. The van der Waals surface area contributed by atoms with Crippen LogP contribution in [0.1, 0.15) is 12.0 Å². The summed E-state index contributed by atoms with van der Waals surface area (Å²) in [6, 6.07) is 9.35. The highest BCUT2D eigenvalue weighted by Crippen LogP contribution is 2.28. The standard InChI is InChI=1S/C17H18O5/c1-20-13-8-9-14(15(10-13)16(18)21-2)17(19)22-11-12-6-4-3-5-7-12/h3-9,15H,10-11H2,1-2H3/t15-/m0/s1. The summed E-state index contributed by atoms with van der Waals surface area (Å²) in [4.78, 5) is 24.1. The van der Waals surface area contributed by atoms with E-state index < -0.39 is 17.9 Å². The van der Waals surface area contributed by atoms with E-state index in [4.69, 9.17) is 14.2 Å². The van der Waals surface area contributed by atoms with Crippen LogP contribution in [0, 0.1) is 5.92 Å². The topological polar surface area (TPSA) is 61.8 Å². The second kappa shape index (κ2) is 7.45.